The zero-order valence-electron chi connectivity index (χ0n) is 16.8. The number of carbonyl (C=O) groups is 2. The van der Waals surface area contributed by atoms with E-state index in [-0.39, 0.29) is 42.5 Å². The number of halogens is 2. The number of carbonyl (C=O) groups excluding carboxylic acids is 2. The first-order valence-corrected chi connectivity index (χ1v) is 9.51. The van der Waals surface area contributed by atoms with E-state index in [1.54, 1.807) is 6.07 Å². The summed E-state index contributed by atoms with van der Waals surface area (Å²) in [5.41, 5.74) is 5.40. The smallest absolute Gasteiger partial charge is 0.280 e. The number of aromatic nitrogens is 2. The molecule has 2 aromatic heterocycles. The van der Waals surface area contributed by atoms with Gasteiger partial charge in [0.25, 0.3) is 18.2 Å². The Morgan fingerprint density at radius 3 is 2.74 bits per heavy atom. The van der Waals surface area contributed by atoms with E-state index in [2.05, 4.69) is 15.3 Å². The predicted octanol–water partition coefficient (Wildman–Crippen LogP) is 2.08. The summed E-state index contributed by atoms with van der Waals surface area (Å²) in [5.74, 6) is -0.732. The highest BCUT2D eigenvalue weighted by Crippen LogP contribution is 2.21. The molecule has 1 aliphatic rings. The fourth-order valence-electron chi connectivity index (χ4n) is 2.64. The van der Waals surface area contributed by atoms with E-state index in [1.165, 1.54) is 30.5 Å². The Kier molecular flexibility index (Phi) is 9.22. The number of primary amides is 1. The second-order valence-electron chi connectivity index (χ2n) is 6.57. The fourth-order valence-corrected chi connectivity index (χ4v) is 2.64. The molecule has 1 aliphatic heterocycles. The topological polar surface area (TPSA) is 137 Å². The molecule has 2 aromatic rings. The Balaban J connectivity index is 0.000000233. The van der Waals surface area contributed by atoms with Crippen LogP contribution >= 0.6 is 0 Å². The largest absolute Gasteiger partial charge is 0.475 e. The van der Waals surface area contributed by atoms with Gasteiger partial charge in [-0.05, 0) is 38.0 Å². The summed E-state index contributed by atoms with van der Waals surface area (Å²) in [6.07, 6.45) is 0.0949. The van der Waals surface area contributed by atoms with Crippen molar-refractivity contribution in [2.45, 2.75) is 38.4 Å². The van der Waals surface area contributed by atoms with Crippen LogP contribution in [0.2, 0.25) is 0 Å². The van der Waals surface area contributed by atoms with Gasteiger partial charge in [-0.1, -0.05) is 6.07 Å². The summed E-state index contributed by atoms with van der Waals surface area (Å²) in [7, 11) is 0. The summed E-state index contributed by atoms with van der Waals surface area (Å²) in [5, 5.41) is 11.1. The SMILES string of the molecule is CC1CCC(C(=O)Nc2ccnc(C(N)=O)c2)O1.OCCOc1cccc(C(F)F)n1. The molecular formula is C20H24F2N4O5. The monoisotopic (exact) mass is 438 g/mol. The first-order valence-electron chi connectivity index (χ1n) is 9.51. The van der Waals surface area contributed by atoms with Crippen LogP contribution in [0.15, 0.2) is 36.5 Å². The molecule has 168 valence electrons. The van der Waals surface area contributed by atoms with Gasteiger partial charge in [0.1, 0.15) is 24.1 Å². The van der Waals surface area contributed by atoms with Crippen LogP contribution in [0, 0.1) is 0 Å². The third-order valence-electron chi connectivity index (χ3n) is 4.11. The lowest BCUT2D eigenvalue weighted by Gasteiger charge is -2.11. The van der Waals surface area contributed by atoms with Crippen LogP contribution in [0.4, 0.5) is 14.5 Å². The third kappa shape index (κ3) is 7.87. The summed E-state index contributed by atoms with van der Waals surface area (Å²) in [6, 6.07) is 7.15. The molecule has 31 heavy (non-hydrogen) atoms. The zero-order chi connectivity index (χ0) is 22.8. The van der Waals surface area contributed by atoms with Crippen molar-refractivity contribution in [2.75, 3.05) is 18.5 Å². The maximum absolute atomic E-state index is 12.1. The van der Waals surface area contributed by atoms with E-state index < -0.39 is 18.4 Å². The molecule has 0 saturated carbocycles. The molecule has 3 rings (SSSR count). The number of pyridine rings is 2. The fraction of sp³-hybridized carbons (Fsp3) is 0.400. The van der Waals surface area contributed by atoms with Gasteiger partial charge in [0.15, 0.2) is 0 Å². The molecule has 11 heteroatoms. The molecule has 0 aromatic carbocycles. The van der Waals surface area contributed by atoms with E-state index in [1.807, 2.05) is 6.92 Å². The highest BCUT2D eigenvalue weighted by atomic mass is 19.3. The Bertz CT molecular complexity index is 884. The molecule has 9 nitrogen and oxygen atoms in total. The zero-order valence-corrected chi connectivity index (χ0v) is 16.8. The van der Waals surface area contributed by atoms with Crippen molar-refractivity contribution >= 4 is 17.5 Å². The summed E-state index contributed by atoms with van der Waals surface area (Å²) in [6.45, 7) is 1.82. The molecule has 0 aliphatic carbocycles. The van der Waals surface area contributed by atoms with Gasteiger partial charge in [-0.3, -0.25) is 14.6 Å². The molecule has 3 heterocycles. The number of rotatable bonds is 7. The van der Waals surface area contributed by atoms with Gasteiger partial charge in [-0.25, -0.2) is 13.8 Å². The van der Waals surface area contributed by atoms with E-state index in [0.717, 1.165) is 6.42 Å². The summed E-state index contributed by atoms with van der Waals surface area (Å²) >= 11 is 0. The van der Waals surface area contributed by atoms with Gasteiger partial charge in [-0.2, -0.15) is 0 Å². The van der Waals surface area contributed by atoms with Crippen LogP contribution in [-0.2, 0) is 9.53 Å². The highest BCUT2D eigenvalue weighted by molar-refractivity contribution is 5.96. The van der Waals surface area contributed by atoms with Crippen LogP contribution in [0.3, 0.4) is 0 Å². The van der Waals surface area contributed by atoms with E-state index >= 15 is 0 Å². The lowest BCUT2D eigenvalue weighted by molar-refractivity contribution is -0.126. The first-order chi connectivity index (χ1) is 14.8. The molecule has 0 radical (unpaired) electrons. The van der Waals surface area contributed by atoms with Crippen molar-refractivity contribution < 1.29 is 33.0 Å². The summed E-state index contributed by atoms with van der Waals surface area (Å²) in [4.78, 5) is 30.2. The number of ether oxygens (including phenoxy) is 2. The quantitative estimate of drug-likeness (QED) is 0.602. The average molecular weight is 438 g/mol. The van der Waals surface area contributed by atoms with Gasteiger partial charge in [-0.15, -0.1) is 0 Å². The molecule has 2 unspecified atom stereocenters. The van der Waals surface area contributed by atoms with Crippen LogP contribution in [0.1, 0.15) is 42.4 Å². The maximum atomic E-state index is 12.1. The molecule has 0 bridgehead atoms. The third-order valence-corrected chi connectivity index (χ3v) is 4.11. The van der Waals surface area contributed by atoms with Gasteiger partial charge in [0.2, 0.25) is 5.88 Å². The number of aliphatic hydroxyl groups excluding tert-OH is 1. The van der Waals surface area contributed by atoms with Gasteiger partial charge in [0.05, 0.1) is 12.7 Å². The Morgan fingerprint density at radius 1 is 1.35 bits per heavy atom. The van der Waals surface area contributed by atoms with Crippen molar-refractivity contribution in [2.24, 2.45) is 5.73 Å². The van der Waals surface area contributed by atoms with Crippen LogP contribution in [0.5, 0.6) is 5.88 Å². The highest BCUT2D eigenvalue weighted by Gasteiger charge is 2.28. The van der Waals surface area contributed by atoms with Crippen LogP contribution < -0.4 is 15.8 Å². The Hall–Kier alpha value is -3.18. The Morgan fingerprint density at radius 2 is 2.13 bits per heavy atom. The number of anilines is 1. The number of amides is 2. The number of nitrogens with two attached hydrogens (primary N) is 1. The lowest BCUT2D eigenvalue weighted by atomic mass is 10.2. The van der Waals surface area contributed by atoms with Gasteiger partial charge >= 0.3 is 0 Å². The van der Waals surface area contributed by atoms with E-state index in [0.29, 0.717) is 12.1 Å². The number of alkyl halides is 2. The normalized spacial score (nSPS) is 17.6. The minimum absolute atomic E-state index is 0.0552. The molecule has 4 N–H and O–H groups in total. The van der Waals surface area contributed by atoms with Gasteiger partial charge in [0, 0.05) is 18.0 Å². The minimum Gasteiger partial charge on any atom is -0.475 e. The standard InChI is InChI=1S/C12H15N3O3.C8H9F2NO2/c1-7-2-3-10(18-7)12(17)15-8-4-5-14-9(6-8)11(13)16;9-8(10)6-2-1-3-7(11-6)13-5-4-12/h4-7,10H,2-3H2,1H3,(H2,13,16)(H,14,15,17);1-3,8,12H,4-5H2. The second-order valence-corrected chi connectivity index (χ2v) is 6.57. The van der Waals surface area contributed by atoms with Gasteiger partial charge < -0.3 is 25.6 Å². The number of aliphatic hydroxyl groups is 1. The van der Waals surface area contributed by atoms with Crippen molar-refractivity contribution in [1.29, 1.82) is 0 Å². The molecular weight excluding hydrogens is 414 g/mol. The van der Waals surface area contributed by atoms with Crippen molar-refractivity contribution in [3.8, 4) is 5.88 Å². The minimum atomic E-state index is -2.60. The first kappa shape index (κ1) is 24.1. The number of nitrogens with one attached hydrogen (secondary N) is 1. The van der Waals surface area contributed by atoms with Crippen molar-refractivity contribution in [3.63, 3.8) is 0 Å². The van der Waals surface area contributed by atoms with Crippen molar-refractivity contribution in [1.82, 2.24) is 9.97 Å². The molecule has 2 atom stereocenters. The Labute approximate surface area is 177 Å². The number of nitrogens with zero attached hydrogens (tertiary/aromatic N) is 2. The van der Waals surface area contributed by atoms with Crippen LogP contribution in [-0.4, -0.2) is 52.3 Å². The van der Waals surface area contributed by atoms with E-state index in [4.69, 9.17) is 20.3 Å². The average Bonchev–Trinajstić information content (AvgIpc) is 3.19. The molecule has 0 spiro atoms. The lowest BCUT2D eigenvalue weighted by Crippen LogP contribution is -2.28. The molecule has 2 amide bonds. The molecule has 1 saturated heterocycles. The van der Waals surface area contributed by atoms with E-state index in [9.17, 15) is 18.4 Å². The van der Waals surface area contributed by atoms with Crippen LogP contribution in [0.25, 0.3) is 0 Å². The number of hydrogen-bond acceptors (Lipinski definition) is 7. The molecule has 1 fully saturated rings. The predicted molar refractivity (Wildman–Crippen MR) is 107 cm³/mol. The second kappa shape index (κ2) is 11.9. The number of hydrogen-bond donors (Lipinski definition) is 3. The maximum Gasteiger partial charge on any atom is 0.280 e. The van der Waals surface area contributed by atoms with Crippen molar-refractivity contribution in [3.05, 3.63) is 47.9 Å². The summed E-state index contributed by atoms with van der Waals surface area (Å²) < 4.78 is 34.5.